The number of hydrogen-bond donors (Lipinski definition) is 1. The lowest BCUT2D eigenvalue weighted by atomic mass is 10.1. The van der Waals surface area contributed by atoms with Gasteiger partial charge in [0, 0.05) is 40.3 Å². The quantitative estimate of drug-likeness (QED) is 0.923. The van der Waals surface area contributed by atoms with Crippen molar-refractivity contribution in [1.82, 2.24) is 0 Å². The summed E-state index contributed by atoms with van der Waals surface area (Å²) in [7, 11) is 0. The lowest BCUT2D eigenvalue weighted by molar-refractivity contribution is 0.698. The van der Waals surface area contributed by atoms with Crippen LogP contribution in [-0.4, -0.2) is 30.1 Å². The second-order valence-corrected chi connectivity index (χ2v) is 7.08. The van der Waals surface area contributed by atoms with Crippen LogP contribution < -0.4 is 10.6 Å². The van der Waals surface area contributed by atoms with Gasteiger partial charge in [0.2, 0.25) is 0 Å². The van der Waals surface area contributed by atoms with Gasteiger partial charge in [0.05, 0.1) is 0 Å². The first-order chi connectivity index (χ1) is 8.58. The summed E-state index contributed by atoms with van der Waals surface area (Å²) in [6.45, 7) is 5.49. The second-order valence-electron chi connectivity index (χ2n) is 5.07. The number of anilines is 1. The highest BCUT2D eigenvalue weighted by atomic mass is 79.9. The van der Waals surface area contributed by atoms with Gasteiger partial charge >= 0.3 is 0 Å². The molecule has 0 amide bonds. The van der Waals surface area contributed by atoms with E-state index >= 15 is 0 Å². The van der Waals surface area contributed by atoms with Crippen LogP contribution in [0.2, 0.25) is 0 Å². The summed E-state index contributed by atoms with van der Waals surface area (Å²) in [6, 6.07) is 7.50. The number of nitrogens with zero attached hydrogens (tertiary/aromatic N) is 1. The molecule has 1 aromatic carbocycles. The lowest BCUT2D eigenvalue weighted by Crippen LogP contribution is -2.40. The third-order valence-electron chi connectivity index (χ3n) is 3.28. The molecule has 1 heterocycles. The van der Waals surface area contributed by atoms with E-state index in [0.29, 0.717) is 6.04 Å². The van der Waals surface area contributed by atoms with Crippen LogP contribution in [0.3, 0.4) is 0 Å². The number of halogens is 1. The summed E-state index contributed by atoms with van der Waals surface area (Å²) in [5.74, 6) is 2.45. The zero-order valence-electron chi connectivity index (χ0n) is 11.0. The Morgan fingerprint density at radius 2 is 2.33 bits per heavy atom. The summed E-state index contributed by atoms with van der Waals surface area (Å²) in [6.07, 6.45) is 0.923. The van der Waals surface area contributed by atoms with Crippen molar-refractivity contribution in [3.8, 4) is 0 Å². The maximum absolute atomic E-state index is 5.86. The highest BCUT2D eigenvalue weighted by Gasteiger charge is 2.19. The Kier molecular flexibility index (Phi) is 4.98. The molecule has 18 heavy (non-hydrogen) atoms. The molecule has 4 heteroatoms. The first-order valence-corrected chi connectivity index (χ1v) is 8.41. The molecule has 1 fully saturated rings. The zero-order chi connectivity index (χ0) is 13.1. The van der Waals surface area contributed by atoms with Crippen molar-refractivity contribution in [2.75, 3.05) is 23.0 Å². The summed E-state index contributed by atoms with van der Waals surface area (Å²) in [5, 5.41) is 0. The fourth-order valence-electron chi connectivity index (χ4n) is 2.34. The van der Waals surface area contributed by atoms with Gasteiger partial charge in [-0.2, -0.15) is 11.8 Å². The third-order valence-corrected chi connectivity index (χ3v) is 5.21. The number of rotatable bonds is 3. The van der Waals surface area contributed by atoms with E-state index in [9.17, 15) is 0 Å². The Bertz CT molecular complexity index is 409. The van der Waals surface area contributed by atoms with Gasteiger partial charge in [-0.15, -0.1) is 0 Å². The van der Waals surface area contributed by atoms with Crippen LogP contribution in [0, 0.1) is 0 Å². The maximum atomic E-state index is 5.86. The smallest absolute Gasteiger partial charge is 0.0380 e. The Morgan fingerprint density at radius 3 is 2.94 bits per heavy atom. The Balaban J connectivity index is 2.17. The summed E-state index contributed by atoms with van der Waals surface area (Å²) in [4.78, 5) is 2.50. The fourth-order valence-corrected chi connectivity index (χ4v) is 3.88. The molecule has 0 aliphatic carbocycles. The van der Waals surface area contributed by atoms with Crippen molar-refractivity contribution in [1.29, 1.82) is 0 Å². The molecule has 2 N–H and O–H groups in total. The SMILES string of the molecule is CC(N)Cc1ccc(N2CCSCC2C)cc1Br. The summed E-state index contributed by atoms with van der Waals surface area (Å²) >= 11 is 5.72. The molecule has 0 aromatic heterocycles. The average molecular weight is 329 g/mol. The van der Waals surface area contributed by atoms with Gasteiger partial charge in [0.25, 0.3) is 0 Å². The van der Waals surface area contributed by atoms with E-state index in [0.717, 1.165) is 13.0 Å². The molecule has 0 bridgehead atoms. The normalized spacial score (nSPS) is 22.0. The Hall–Kier alpha value is -0.190. The molecule has 1 aliphatic rings. The standard InChI is InChI=1S/C14H21BrN2S/c1-10(16)7-12-3-4-13(8-14(12)15)17-5-6-18-9-11(17)2/h3-4,8,10-11H,5-7,9,16H2,1-2H3. The van der Waals surface area contributed by atoms with Gasteiger partial charge in [0.1, 0.15) is 0 Å². The van der Waals surface area contributed by atoms with Crippen molar-refractivity contribution in [2.24, 2.45) is 5.73 Å². The van der Waals surface area contributed by atoms with Crippen LogP contribution in [0.1, 0.15) is 19.4 Å². The van der Waals surface area contributed by atoms with Crippen molar-refractivity contribution in [2.45, 2.75) is 32.4 Å². The van der Waals surface area contributed by atoms with Crippen molar-refractivity contribution in [3.05, 3.63) is 28.2 Å². The zero-order valence-corrected chi connectivity index (χ0v) is 13.4. The largest absolute Gasteiger partial charge is 0.367 e. The van der Waals surface area contributed by atoms with E-state index in [1.165, 1.54) is 27.2 Å². The van der Waals surface area contributed by atoms with Crippen LogP contribution >= 0.6 is 27.7 Å². The van der Waals surface area contributed by atoms with Crippen molar-refractivity contribution < 1.29 is 0 Å². The topological polar surface area (TPSA) is 29.3 Å². The molecular formula is C14H21BrN2S. The molecule has 0 radical (unpaired) electrons. The first-order valence-electron chi connectivity index (χ1n) is 6.46. The monoisotopic (exact) mass is 328 g/mol. The fraction of sp³-hybridized carbons (Fsp3) is 0.571. The highest BCUT2D eigenvalue weighted by Crippen LogP contribution is 2.29. The molecule has 0 saturated carbocycles. The van der Waals surface area contributed by atoms with Gasteiger partial charge in [-0.3, -0.25) is 0 Å². The van der Waals surface area contributed by atoms with Gasteiger partial charge in [-0.1, -0.05) is 22.0 Å². The maximum Gasteiger partial charge on any atom is 0.0380 e. The molecule has 2 nitrogen and oxygen atoms in total. The average Bonchev–Trinajstić information content (AvgIpc) is 2.32. The number of nitrogens with two attached hydrogens (primary N) is 1. The molecule has 1 aromatic rings. The molecule has 0 spiro atoms. The summed E-state index contributed by atoms with van der Waals surface area (Å²) < 4.78 is 1.18. The molecular weight excluding hydrogens is 308 g/mol. The molecule has 100 valence electrons. The second kappa shape index (κ2) is 6.31. The predicted molar refractivity (Wildman–Crippen MR) is 85.6 cm³/mol. The van der Waals surface area contributed by atoms with Crippen LogP contribution in [-0.2, 0) is 6.42 Å². The molecule has 2 atom stereocenters. The van der Waals surface area contributed by atoms with Crippen LogP contribution in [0.4, 0.5) is 5.69 Å². The van der Waals surface area contributed by atoms with E-state index in [4.69, 9.17) is 5.73 Å². The minimum atomic E-state index is 0.206. The third kappa shape index (κ3) is 3.43. The Morgan fingerprint density at radius 1 is 1.56 bits per heavy atom. The van der Waals surface area contributed by atoms with Crippen LogP contribution in [0.25, 0.3) is 0 Å². The van der Waals surface area contributed by atoms with Crippen molar-refractivity contribution >= 4 is 33.4 Å². The minimum Gasteiger partial charge on any atom is -0.367 e. The minimum absolute atomic E-state index is 0.206. The highest BCUT2D eigenvalue weighted by molar-refractivity contribution is 9.10. The van der Waals surface area contributed by atoms with E-state index in [1.807, 2.05) is 18.7 Å². The van der Waals surface area contributed by atoms with Gasteiger partial charge < -0.3 is 10.6 Å². The first kappa shape index (κ1) is 14.2. The number of benzene rings is 1. The van der Waals surface area contributed by atoms with Gasteiger partial charge in [-0.25, -0.2) is 0 Å². The van der Waals surface area contributed by atoms with Gasteiger partial charge in [0.15, 0.2) is 0 Å². The van der Waals surface area contributed by atoms with E-state index < -0.39 is 0 Å². The summed E-state index contributed by atoms with van der Waals surface area (Å²) in [5.41, 5.74) is 8.48. The van der Waals surface area contributed by atoms with Crippen LogP contribution in [0.5, 0.6) is 0 Å². The van der Waals surface area contributed by atoms with E-state index in [1.54, 1.807) is 0 Å². The Labute approximate surface area is 122 Å². The number of hydrogen-bond acceptors (Lipinski definition) is 3. The number of thioether (sulfide) groups is 1. The van der Waals surface area contributed by atoms with Gasteiger partial charge in [-0.05, 0) is 38.0 Å². The van der Waals surface area contributed by atoms with E-state index in [2.05, 4.69) is 46.0 Å². The molecule has 2 unspecified atom stereocenters. The van der Waals surface area contributed by atoms with Crippen LogP contribution in [0.15, 0.2) is 22.7 Å². The molecule has 1 aliphatic heterocycles. The predicted octanol–water partition coefficient (Wildman–Crippen LogP) is 3.28. The van der Waals surface area contributed by atoms with Crippen molar-refractivity contribution in [3.63, 3.8) is 0 Å². The van der Waals surface area contributed by atoms with E-state index in [-0.39, 0.29) is 6.04 Å². The lowest BCUT2D eigenvalue weighted by Gasteiger charge is -2.35. The molecule has 1 saturated heterocycles. The molecule has 2 rings (SSSR count).